The van der Waals surface area contributed by atoms with Gasteiger partial charge in [0.15, 0.2) is 0 Å². The van der Waals surface area contributed by atoms with E-state index in [4.69, 9.17) is 15.0 Å². The molecule has 5 nitrogen and oxygen atoms in total. The smallest absolute Gasteiger partial charge is 0.145 e. The zero-order valence-electron chi connectivity index (χ0n) is 31.8. The third-order valence-electron chi connectivity index (χ3n) is 9.95. The predicted molar refractivity (Wildman–Crippen MR) is 217 cm³/mol. The fourth-order valence-corrected chi connectivity index (χ4v) is 7.08. The molecule has 4 aromatic carbocycles. The van der Waals surface area contributed by atoms with Crippen LogP contribution in [0.3, 0.4) is 0 Å². The summed E-state index contributed by atoms with van der Waals surface area (Å²) < 4.78 is 2.24. The second kappa shape index (κ2) is 13.2. The van der Waals surface area contributed by atoms with E-state index in [2.05, 4.69) is 152 Å². The van der Waals surface area contributed by atoms with E-state index in [0.717, 1.165) is 83.9 Å². The van der Waals surface area contributed by atoms with E-state index in [-0.39, 0.29) is 22.6 Å². The summed E-state index contributed by atoms with van der Waals surface area (Å²) in [4.78, 5) is 15.3. The molecule has 0 amide bonds. The number of aromatic hydroxyl groups is 1. The van der Waals surface area contributed by atoms with Crippen LogP contribution < -0.4 is 0 Å². The number of phenolic OH excluding ortho intramolecular Hbond substituents is 1. The molecular weight excluding hydrogens is 637 g/mol. The molecular formula is C47H48N4O. The highest BCUT2D eigenvalue weighted by Gasteiger charge is 2.29. The fraction of sp³-hybridized carbons (Fsp3) is 0.255. The second-order valence-electron chi connectivity index (χ2n) is 16.3. The van der Waals surface area contributed by atoms with E-state index < -0.39 is 0 Å². The van der Waals surface area contributed by atoms with E-state index in [1.54, 1.807) is 0 Å². The summed E-state index contributed by atoms with van der Waals surface area (Å²) in [6.07, 6.45) is 3.84. The molecule has 5 heteroatoms. The molecule has 0 spiro atoms. The van der Waals surface area contributed by atoms with Gasteiger partial charge < -0.3 is 9.67 Å². The number of hydrogen-bond acceptors (Lipinski definition) is 4. The number of benzene rings is 4. The predicted octanol–water partition coefficient (Wildman–Crippen LogP) is 12.4. The molecule has 0 aliphatic carbocycles. The Morgan fingerprint density at radius 1 is 0.635 bits per heavy atom. The van der Waals surface area contributed by atoms with Gasteiger partial charge in [0.05, 0.1) is 22.5 Å². The summed E-state index contributed by atoms with van der Waals surface area (Å²) in [6, 6.07) is 36.1. The molecule has 3 aromatic heterocycles. The maximum Gasteiger partial charge on any atom is 0.145 e. The van der Waals surface area contributed by atoms with Crippen molar-refractivity contribution in [1.29, 1.82) is 0 Å². The Balaban J connectivity index is 1.49. The summed E-state index contributed by atoms with van der Waals surface area (Å²) in [6.45, 7) is 19.5. The number of nitrogens with zero attached hydrogens (tertiary/aromatic N) is 4. The lowest BCUT2D eigenvalue weighted by Crippen LogP contribution is -2.17. The van der Waals surface area contributed by atoms with Gasteiger partial charge >= 0.3 is 0 Å². The Labute approximate surface area is 308 Å². The van der Waals surface area contributed by atoms with Crippen molar-refractivity contribution in [1.82, 2.24) is 19.5 Å². The standard InChI is InChI=1S/C47H48N4O/c1-29(2)51-41-20-21-48-42(43(41)50-45(51)38-25-36(46(4,5)6)26-39(44(38)52)47(7,8)9)35-23-33(31-16-12-10-13-17-31)22-34(24-35)40-27-37(30(3)28-49-40)32-18-14-11-15-19-32/h10-29,52H,1-9H3. The summed E-state index contributed by atoms with van der Waals surface area (Å²) >= 11 is 0. The minimum absolute atomic E-state index is 0.0745. The monoisotopic (exact) mass is 684 g/mol. The van der Waals surface area contributed by atoms with Crippen LogP contribution in [0.15, 0.2) is 116 Å². The van der Waals surface area contributed by atoms with E-state index in [9.17, 15) is 5.11 Å². The Hall–Kier alpha value is -5.55. The van der Waals surface area contributed by atoms with Crippen molar-refractivity contribution in [2.24, 2.45) is 0 Å². The first-order valence-corrected chi connectivity index (χ1v) is 18.2. The van der Waals surface area contributed by atoms with Crippen molar-refractivity contribution >= 4 is 11.0 Å². The summed E-state index contributed by atoms with van der Waals surface area (Å²) in [5.41, 5.74) is 13.5. The number of hydrogen-bond donors (Lipinski definition) is 1. The number of fused-ring (bicyclic) bond motifs is 1. The minimum atomic E-state index is -0.264. The lowest BCUT2D eigenvalue weighted by molar-refractivity contribution is 0.445. The molecule has 0 bridgehead atoms. The molecule has 0 saturated heterocycles. The summed E-state index contributed by atoms with van der Waals surface area (Å²) in [5, 5.41) is 12.0. The van der Waals surface area contributed by atoms with E-state index in [0.29, 0.717) is 0 Å². The van der Waals surface area contributed by atoms with Crippen molar-refractivity contribution in [2.45, 2.75) is 79.2 Å². The van der Waals surface area contributed by atoms with Crippen LogP contribution in [0.4, 0.5) is 0 Å². The highest BCUT2D eigenvalue weighted by Crippen LogP contribution is 2.44. The van der Waals surface area contributed by atoms with Crippen LogP contribution in [0.1, 0.15) is 78.1 Å². The van der Waals surface area contributed by atoms with E-state index in [1.165, 1.54) is 0 Å². The summed E-state index contributed by atoms with van der Waals surface area (Å²) in [5.74, 6) is 1.01. The zero-order chi connectivity index (χ0) is 36.9. The lowest BCUT2D eigenvalue weighted by atomic mass is 9.79. The molecule has 0 saturated carbocycles. The molecule has 7 aromatic rings. The largest absolute Gasteiger partial charge is 0.507 e. The van der Waals surface area contributed by atoms with Gasteiger partial charge in [-0.25, -0.2) is 4.98 Å². The Morgan fingerprint density at radius 3 is 1.90 bits per heavy atom. The van der Waals surface area contributed by atoms with Crippen LogP contribution in [0, 0.1) is 6.92 Å². The SMILES string of the molecule is Cc1cnc(-c2cc(-c3ccccc3)cc(-c3nccc4c3nc(-c3cc(C(C)(C)C)cc(C(C)(C)C)c3O)n4C(C)C)c2)cc1-c1ccccc1. The Kier molecular flexibility index (Phi) is 8.86. The van der Waals surface area contributed by atoms with Gasteiger partial charge in [0.1, 0.15) is 17.1 Å². The average molecular weight is 685 g/mol. The first-order valence-electron chi connectivity index (χ1n) is 18.2. The number of imidazole rings is 1. The van der Waals surface area contributed by atoms with Crippen molar-refractivity contribution < 1.29 is 5.11 Å². The highest BCUT2D eigenvalue weighted by molar-refractivity contribution is 5.95. The molecule has 3 heterocycles. The van der Waals surface area contributed by atoms with Gasteiger partial charge in [-0.2, -0.15) is 0 Å². The van der Waals surface area contributed by atoms with Gasteiger partial charge in [0.25, 0.3) is 0 Å². The Morgan fingerprint density at radius 2 is 1.27 bits per heavy atom. The van der Waals surface area contributed by atoms with Crippen LogP contribution in [0.5, 0.6) is 5.75 Å². The molecule has 0 unspecified atom stereocenters. The molecule has 1 N–H and O–H groups in total. The normalized spacial score (nSPS) is 12.2. The van der Waals surface area contributed by atoms with Crippen LogP contribution >= 0.6 is 0 Å². The maximum atomic E-state index is 12.0. The van der Waals surface area contributed by atoms with Crippen molar-refractivity contribution in [3.05, 3.63) is 132 Å². The van der Waals surface area contributed by atoms with Crippen molar-refractivity contribution in [3.8, 4) is 61.9 Å². The first-order chi connectivity index (χ1) is 24.7. The number of rotatable bonds is 6. The highest BCUT2D eigenvalue weighted by atomic mass is 16.3. The number of aryl methyl sites for hydroxylation is 1. The van der Waals surface area contributed by atoms with Crippen LogP contribution in [-0.2, 0) is 10.8 Å². The van der Waals surface area contributed by atoms with Crippen LogP contribution in [0.2, 0.25) is 0 Å². The quantitative estimate of drug-likeness (QED) is 0.189. The molecule has 0 atom stereocenters. The third-order valence-corrected chi connectivity index (χ3v) is 9.95. The molecule has 0 radical (unpaired) electrons. The number of aromatic nitrogens is 4. The molecule has 262 valence electrons. The number of phenols is 1. The molecule has 7 rings (SSSR count). The topological polar surface area (TPSA) is 63.8 Å². The third kappa shape index (κ3) is 6.52. The fourth-order valence-electron chi connectivity index (χ4n) is 7.08. The van der Waals surface area contributed by atoms with Crippen LogP contribution in [-0.4, -0.2) is 24.6 Å². The molecule has 52 heavy (non-hydrogen) atoms. The van der Waals surface area contributed by atoms with E-state index in [1.807, 2.05) is 30.6 Å². The van der Waals surface area contributed by atoms with E-state index >= 15 is 0 Å². The molecule has 0 fully saturated rings. The van der Waals surface area contributed by atoms with Gasteiger partial charge in [0.2, 0.25) is 0 Å². The first kappa shape index (κ1) is 34.9. The van der Waals surface area contributed by atoms with Gasteiger partial charge in [-0.1, -0.05) is 108 Å². The van der Waals surface area contributed by atoms with Gasteiger partial charge in [0, 0.05) is 35.1 Å². The van der Waals surface area contributed by atoms with Gasteiger partial charge in [-0.05, 0) is 101 Å². The van der Waals surface area contributed by atoms with Gasteiger partial charge in [-0.3, -0.25) is 9.97 Å². The second-order valence-corrected chi connectivity index (χ2v) is 16.3. The Bertz CT molecular complexity index is 2410. The van der Waals surface area contributed by atoms with Crippen molar-refractivity contribution in [2.75, 3.05) is 0 Å². The number of pyridine rings is 2. The van der Waals surface area contributed by atoms with Crippen molar-refractivity contribution in [3.63, 3.8) is 0 Å². The molecule has 0 aliphatic heterocycles. The minimum Gasteiger partial charge on any atom is -0.507 e. The molecule has 0 aliphatic rings. The summed E-state index contributed by atoms with van der Waals surface area (Å²) in [7, 11) is 0. The van der Waals surface area contributed by atoms with Gasteiger partial charge in [-0.15, -0.1) is 0 Å². The lowest BCUT2D eigenvalue weighted by Gasteiger charge is -2.27. The average Bonchev–Trinajstić information content (AvgIpc) is 3.51. The van der Waals surface area contributed by atoms with Crippen LogP contribution in [0.25, 0.3) is 67.2 Å². The zero-order valence-corrected chi connectivity index (χ0v) is 31.8. The maximum absolute atomic E-state index is 12.0.